The van der Waals surface area contributed by atoms with Gasteiger partial charge in [0.25, 0.3) is 5.92 Å². The van der Waals surface area contributed by atoms with Crippen molar-refractivity contribution in [1.82, 2.24) is 5.32 Å². The fourth-order valence-corrected chi connectivity index (χ4v) is 3.62. The van der Waals surface area contributed by atoms with E-state index in [1.54, 1.807) is 12.1 Å². The molecule has 2 amide bonds. The summed E-state index contributed by atoms with van der Waals surface area (Å²) in [5.74, 6) is -1.53. The van der Waals surface area contributed by atoms with Gasteiger partial charge in [-0.2, -0.15) is 0 Å². The zero-order valence-corrected chi connectivity index (χ0v) is 14.3. The number of methoxy groups -OCH3 is 2. The molecule has 8 heteroatoms. The van der Waals surface area contributed by atoms with Crippen LogP contribution in [0, 0.1) is 5.41 Å². The van der Waals surface area contributed by atoms with Crippen LogP contribution in [0.5, 0.6) is 11.5 Å². The molecule has 0 radical (unpaired) electrons. The van der Waals surface area contributed by atoms with Crippen molar-refractivity contribution >= 4 is 27.6 Å². The fourth-order valence-electron chi connectivity index (χ4n) is 3.11. The summed E-state index contributed by atoms with van der Waals surface area (Å²) in [4.78, 5) is 12.0. The third-order valence-corrected chi connectivity index (χ3v) is 5.16. The van der Waals surface area contributed by atoms with Crippen molar-refractivity contribution < 1.29 is 23.0 Å². The van der Waals surface area contributed by atoms with Crippen molar-refractivity contribution in [2.75, 3.05) is 19.5 Å². The van der Waals surface area contributed by atoms with E-state index < -0.39 is 17.4 Å². The number of alkyl halides is 2. The quantitative estimate of drug-likeness (QED) is 0.822. The Balaban J connectivity index is 1.59. The van der Waals surface area contributed by atoms with Crippen LogP contribution in [0.2, 0.25) is 0 Å². The highest BCUT2D eigenvalue weighted by Crippen LogP contribution is 2.70. The van der Waals surface area contributed by atoms with Crippen LogP contribution in [0.4, 0.5) is 19.3 Å². The van der Waals surface area contributed by atoms with E-state index in [2.05, 4.69) is 26.6 Å². The van der Waals surface area contributed by atoms with Gasteiger partial charge in [-0.15, -0.1) is 0 Å². The van der Waals surface area contributed by atoms with Crippen LogP contribution >= 0.6 is 15.9 Å². The third kappa shape index (κ3) is 2.84. The summed E-state index contributed by atoms with van der Waals surface area (Å²) in [6.45, 7) is 0. The number of urea groups is 1. The van der Waals surface area contributed by atoms with Gasteiger partial charge in [-0.3, -0.25) is 0 Å². The molecule has 2 N–H and O–H groups in total. The molecular formula is C15H17BrF2N2O3. The minimum Gasteiger partial charge on any atom is -0.495 e. The number of nitrogens with one attached hydrogen (secondary N) is 2. The minimum atomic E-state index is -2.55. The van der Waals surface area contributed by atoms with Gasteiger partial charge in [0.1, 0.15) is 11.5 Å². The summed E-state index contributed by atoms with van der Waals surface area (Å²) in [5, 5.41) is 5.39. The Labute approximate surface area is 140 Å². The molecule has 1 aromatic rings. The Kier molecular flexibility index (Phi) is 3.90. The van der Waals surface area contributed by atoms with Gasteiger partial charge in [-0.1, -0.05) is 0 Å². The van der Waals surface area contributed by atoms with Crippen molar-refractivity contribution in [3.8, 4) is 11.5 Å². The van der Waals surface area contributed by atoms with Crippen LogP contribution in [-0.2, 0) is 0 Å². The first-order valence-electron chi connectivity index (χ1n) is 7.17. The van der Waals surface area contributed by atoms with Crippen LogP contribution in [0.15, 0.2) is 16.6 Å². The number of hydrogen-bond donors (Lipinski definition) is 2. The molecule has 23 heavy (non-hydrogen) atoms. The summed E-state index contributed by atoms with van der Waals surface area (Å²) < 4.78 is 37.3. The summed E-state index contributed by atoms with van der Waals surface area (Å²) >= 11 is 3.34. The Hall–Kier alpha value is -1.57. The highest BCUT2D eigenvalue weighted by atomic mass is 79.9. The molecule has 3 rings (SSSR count). The predicted octanol–water partition coefficient (Wildman–Crippen LogP) is 3.78. The number of ether oxygens (including phenoxy) is 2. The number of hydrogen-bond acceptors (Lipinski definition) is 3. The average molecular weight is 391 g/mol. The van der Waals surface area contributed by atoms with E-state index in [1.165, 1.54) is 14.2 Å². The Morgan fingerprint density at radius 2 is 1.87 bits per heavy atom. The Bertz CT molecular complexity index is 648. The van der Waals surface area contributed by atoms with E-state index in [1.807, 2.05) is 0 Å². The number of anilines is 1. The molecule has 0 atom stereocenters. The van der Waals surface area contributed by atoms with Gasteiger partial charge in [0, 0.05) is 23.9 Å². The number of rotatable bonds is 4. The van der Waals surface area contributed by atoms with Crippen LogP contribution in [-0.4, -0.2) is 32.2 Å². The molecule has 126 valence electrons. The fraction of sp³-hybridized carbons (Fsp3) is 0.533. The molecule has 0 bridgehead atoms. The molecule has 0 aromatic heterocycles. The van der Waals surface area contributed by atoms with E-state index in [-0.39, 0.29) is 12.5 Å². The first-order valence-corrected chi connectivity index (χ1v) is 7.96. The van der Waals surface area contributed by atoms with E-state index in [0.29, 0.717) is 34.5 Å². The largest absolute Gasteiger partial charge is 0.495 e. The van der Waals surface area contributed by atoms with Gasteiger partial charge in [-0.05, 0) is 34.8 Å². The van der Waals surface area contributed by atoms with Crippen molar-refractivity contribution in [3.05, 3.63) is 16.6 Å². The van der Waals surface area contributed by atoms with E-state index in [4.69, 9.17) is 9.47 Å². The van der Waals surface area contributed by atoms with Crippen LogP contribution in [0.1, 0.15) is 19.3 Å². The highest BCUT2D eigenvalue weighted by molar-refractivity contribution is 9.10. The first kappa shape index (κ1) is 16.3. The normalized spacial score (nSPS) is 27.1. The molecule has 0 unspecified atom stereocenters. The second-order valence-electron chi connectivity index (χ2n) is 6.05. The molecule has 1 spiro atoms. The predicted molar refractivity (Wildman–Crippen MR) is 84.4 cm³/mol. The first-order chi connectivity index (χ1) is 10.8. The zero-order valence-electron chi connectivity index (χ0n) is 12.7. The lowest BCUT2D eigenvalue weighted by molar-refractivity contribution is 0.0166. The van der Waals surface area contributed by atoms with E-state index in [9.17, 15) is 13.6 Å². The van der Waals surface area contributed by atoms with Crippen LogP contribution in [0.25, 0.3) is 0 Å². The molecule has 2 fully saturated rings. The molecule has 0 heterocycles. The van der Waals surface area contributed by atoms with Crippen molar-refractivity contribution in [1.29, 1.82) is 0 Å². The maximum atomic E-state index is 13.1. The van der Waals surface area contributed by atoms with Gasteiger partial charge >= 0.3 is 6.03 Å². The smallest absolute Gasteiger partial charge is 0.319 e. The maximum absolute atomic E-state index is 13.1. The highest BCUT2D eigenvalue weighted by Gasteiger charge is 2.75. The minimum absolute atomic E-state index is 0.0565. The number of carbonyl (C=O) groups excluding carboxylic acids is 1. The van der Waals surface area contributed by atoms with Gasteiger partial charge in [0.2, 0.25) is 0 Å². The van der Waals surface area contributed by atoms with Gasteiger partial charge in [0.05, 0.1) is 24.4 Å². The summed E-state index contributed by atoms with van der Waals surface area (Å²) in [7, 11) is 3.01. The van der Waals surface area contributed by atoms with Gasteiger partial charge in [0.15, 0.2) is 0 Å². The molecule has 5 nitrogen and oxygen atoms in total. The monoisotopic (exact) mass is 390 g/mol. The molecule has 0 saturated heterocycles. The standard InChI is InChI=1S/C15H17BrF2N2O3/c1-22-11-4-12(23-2)10(3-9(11)16)20-13(21)19-8-5-14(6-8)7-15(14,17)18/h3-4,8H,5-7H2,1-2H3,(H2,19,20,21). The SMILES string of the molecule is COc1cc(OC)c(NC(=O)NC2CC3(C2)CC3(F)F)cc1Br. The lowest BCUT2D eigenvalue weighted by atomic mass is 9.76. The Morgan fingerprint density at radius 1 is 1.26 bits per heavy atom. The van der Waals surface area contributed by atoms with Crippen molar-refractivity contribution in [2.24, 2.45) is 5.41 Å². The number of amides is 2. The van der Waals surface area contributed by atoms with Gasteiger partial charge < -0.3 is 20.1 Å². The van der Waals surface area contributed by atoms with Crippen molar-refractivity contribution in [2.45, 2.75) is 31.2 Å². The van der Waals surface area contributed by atoms with Gasteiger partial charge in [-0.25, -0.2) is 13.6 Å². The summed E-state index contributed by atoms with van der Waals surface area (Å²) in [6, 6.07) is 2.65. The lowest BCUT2D eigenvalue weighted by Gasteiger charge is -2.36. The second kappa shape index (κ2) is 5.51. The molecular weight excluding hydrogens is 374 g/mol. The van der Waals surface area contributed by atoms with E-state index in [0.717, 1.165) is 0 Å². The second-order valence-corrected chi connectivity index (χ2v) is 6.91. The molecule has 1 aromatic carbocycles. The summed E-state index contributed by atoms with van der Waals surface area (Å²) in [6.07, 6.45) is 0.604. The lowest BCUT2D eigenvalue weighted by Crippen LogP contribution is -2.48. The molecule has 0 aliphatic heterocycles. The molecule has 2 saturated carbocycles. The van der Waals surface area contributed by atoms with E-state index >= 15 is 0 Å². The Morgan fingerprint density at radius 3 is 2.39 bits per heavy atom. The number of benzene rings is 1. The van der Waals surface area contributed by atoms with Crippen molar-refractivity contribution in [3.63, 3.8) is 0 Å². The summed E-state index contributed by atoms with van der Waals surface area (Å²) in [5.41, 5.74) is -0.394. The third-order valence-electron chi connectivity index (χ3n) is 4.54. The van der Waals surface area contributed by atoms with Crippen LogP contribution < -0.4 is 20.1 Å². The average Bonchev–Trinajstić information content (AvgIpc) is 3.01. The molecule has 2 aliphatic carbocycles. The maximum Gasteiger partial charge on any atom is 0.319 e. The number of halogens is 3. The van der Waals surface area contributed by atoms with Crippen LogP contribution in [0.3, 0.4) is 0 Å². The topological polar surface area (TPSA) is 59.6 Å². The zero-order chi connectivity index (χ0) is 16.8. The molecule has 2 aliphatic rings. The number of carbonyl (C=O) groups is 1.